The van der Waals surface area contributed by atoms with Crippen LogP contribution in [0.1, 0.15) is 22.1 Å². The van der Waals surface area contributed by atoms with Crippen LogP contribution in [0.3, 0.4) is 0 Å². The van der Waals surface area contributed by atoms with E-state index in [-0.39, 0.29) is 11.5 Å². The molecule has 1 aliphatic heterocycles. The number of aryl methyl sites for hydroxylation is 1. The van der Waals surface area contributed by atoms with Crippen LogP contribution >= 0.6 is 11.6 Å². The fourth-order valence-electron chi connectivity index (χ4n) is 2.71. The maximum absolute atomic E-state index is 6.40. The highest BCUT2D eigenvalue weighted by Gasteiger charge is 2.22. The van der Waals surface area contributed by atoms with Gasteiger partial charge in [-0.3, -0.25) is 0 Å². The van der Waals surface area contributed by atoms with Crippen molar-refractivity contribution in [2.75, 3.05) is 13.1 Å². The monoisotopic (exact) mass is 301 g/mol. The van der Waals surface area contributed by atoms with Gasteiger partial charge in [-0.2, -0.15) is 0 Å². The molecule has 3 heteroatoms. The molecule has 21 heavy (non-hydrogen) atoms. The molecule has 2 nitrogen and oxygen atoms in total. The Bertz CT molecular complexity index is 599. The van der Waals surface area contributed by atoms with E-state index in [0.717, 1.165) is 30.8 Å². The standard InChI is InChI=1S/C18H20ClNO/c1-13-7-8-18-15(9-13)10-16(21-18)11-20-12-17(19)14-5-3-2-4-6-14/h2-9,16-17,20H,10-12H2,1H3. The molecule has 1 aliphatic rings. The van der Waals surface area contributed by atoms with E-state index in [9.17, 15) is 0 Å². The summed E-state index contributed by atoms with van der Waals surface area (Å²) in [5, 5.41) is 3.42. The van der Waals surface area contributed by atoms with Gasteiger partial charge in [-0.25, -0.2) is 0 Å². The van der Waals surface area contributed by atoms with Crippen LogP contribution in [0.5, 0.6) is 5.75 Å². The number of hydrogen-bond donors (Lipinski definition) is 1. The van der Waals surface area contributed by atoms with E-state index in [4.69, 9.17) is 16.3 Å². The molecule has 0 bridgehead atoms. The van der Waals surface area contributed by atoms with Crippen molar-refractivity contribution in [2.45, 2.75) is 24.8 Å². The molecule has 0 fully saturated rings. The van der Waals surface area contributed by atoms with Crippen LogP contribution in [0.15, 0.2) is 48.5 Å². The summed E-state index contributed by atoms with van der Waals surface area (Å²) in [6.45, 7) is 3.69. The minimum absolute atomic E-state index is 0.00257. The molecule has 0 saturated carbocycles. The van der Waals surface area contributed by atoms with E-state index in [1.165, 1.54) is 11.1 Å². The van der Waals surface area contributed by atoms with Gasteiger partial charge in [0.25, 0.3) is 0 Å². The SMILES string of the molecule is Cc1ccc2c(c1)CC(CNCC(Cl)c1ccccc1)O2. The van der Waals surface area contributed by atoms with Crippen LogP contribution in [-0.2, 0) is 6.42 Å². The minimum atomic E-state index is -0.00257. The second kappa shape index (κ2) is 6.50. The molecular formula is C18H20ClNO. The quantitative estimate of drug-likeness (QED) is 0.847. The molecular weight excluding hydrogens is 282 g/mol. The zero-order chi connectivity index (χ0) is 14.7. The van der Waals surface area contributed by atoms with Gasteiger partial charge in [0.15, 0.2) is 0 Å². The maximum atomic E-state index is 6.40. The smallest absolute Gasteiger partial charge is 0.123 e. The van der Waals surface area contributed by atoms with Crippen molar-refractivity contribution in [2.24, 2.45) is 0 Å². The van der Waals surface area contributed by atoms with Crippen LogP contribution in [0.2, 0.25) is 0 Å². The van der Waals surface area contributed by atoms with Crippen molar-refractivity contribution in [1.82, 2.24) is 5.32 Å². The van der Waals surface area contributed by atoms with Gasteiger partial charge in [0.1, 0.15) is 11.9 Å². The highest BCUT2D eigenvalue weighted by Crippen LogP contribution is 2.29. The second-order valence-corrected chi connectivity index (χ2v) is 6.12. The fourth-order valence-corrected chi connectivity index (χ4v) is 2.97. The first-order chi connectivity index (χ1) is 10.2. The Balaban J connectivity index is 1.47. The summed E-state index contributed by atoms with van der Waals surface area (Å²) in [5.74, 6) is 1.03. The maximum Gasteiger partial charge on any atom is 0.123 e. The molecule has 0 saturated heterocycles. The number of rotatable bonds is 5. The Kier molecular flexibility index (Phi) is 4.47. The number of benzene rings is 2. The summed E-state index contributed by atoms with van der Waals surface area (Å²) in [5.41, 5.74) is 3.75. The summed E-state index contributed by atoms with van der Waals surface area (Å²) in [7, 11) is 0. The number of nitrogens with one attached hydrogen (secondary N) is 1. The van der Waals surface area contributed by atoms with Gasteiger partial charge in [-0.05, 0) is 24.1 Å². The highest BCUT2D eigenvalue weighted by atomic mass is 35.5. The van der Waals surface area contributed by atoms with Crippen molar-refractivity contribution in [3.63, 3.8) is 0 Å². The Labute approximate surface area is 131 Å². The third kappa shape index (κ3) is 3.58. The van der Waals surface area contributed by atoms with Gasteiger partial charge in [0.2, 0.25) is 0 Å². The van der Waals surface area contributed by atoms with Crippen LogP contribution in [0.25, 0.3) is 0 Å². The van der Waals surface area contributed by atoms with Crippen LogP contribution in [-0.4, -0.2) is 19.2 Å². The molecule has 0 radical (unpaired) electrons. The molecule has 2 aromatic carbocycles. The summed E-state index contributed by atoms with van der Waals surface area (Å²) in [6.07, 6.45) is 1.18. The molecule has 2 unspecified atom stereocenters. The minimum Gasteiger partial charge on any atom is -0.488 e. The van der Waals surface area contributed by atoms with Crippen molar-refractivity contribution >= 4 is 11.6 Å². The van der Waals surface area contributed by atoms with Crippen molar-refractivity contribution in [3.05, 3.63) is 65.2 Å². The van der Waals surface area contributed by atoms with Crippen molar-refractivity contribution < 1.29 is 4.74 Å². The first-order valence-corrected chi connectivity index (χ1v) is 7.82. The van der Waals surface area contributed by atoms with Gasteiger partial charge in [0, 0.05) is 19.5 Å². The first kappa shape index (κ1) is 14.4. The largest absolute Gasteiger partial charge is 0.488 e. The van der Waals surface area contributed by atoms with Crippen molar-refractivity contribution in [3.8, 4) is 5.75 Å². The van der Waals surface area contributed by atoms with E-state index in [1.807, 2.05) is 18.2 Å². The molecule has 0 aliphatic carbocycles. The summed E-state index contributed by atoms with van der Waals surface area (Å²) >= 11 is 6.40. The van der Waals surface area contributed by atoms with E-state index in [2.05, 4.69) is 42.6 Å². The van der Waals surface area contributed by atoms with Crippen LogP contribution in [0, 0.1) is 6.92 Å². The van der Waals surface area contributed by atoms with E-state index >= 15 is 0 Å². The summed E-state index contributed by atoms with van der Waals surface area (Å²) < 4.78 is 5.94. The fraction of sp³-hybridized carbons (Fsp3) is 0.333. The molecule has 1 heterocycles. The van der Waals surface area contributed by atoms with E-state index in [0.29, 0.717) is 0 Å². The average molecular weight is 302 g/mol. The van der Waals surface area contributed by atoms with Gasteiger partial charge < -0.3 is 10.1 Å². The van der Waals surface area contributed by atoms with Crippen molar-refractivity contribution in [1.29, 1.82) is 0 Å². The lowest BCUT2D eigenvalue weighted by Gasteiger charge is -2.14. The first-order valence-electron chi connectivity index (χ1n) is 7.38. The highest BCUT2D eigenvalue weighted by molar-refractivity contribution is 6.21. The zero-order valence-corrected chi connectivity index (χ0v) is 12.9. The Hall–Kier alpha value is -1.51. The summed E-state index contributed by atoms with van der Waals surface area (Å²) in [4.78, 5) is 0. The van der Waals surface area contributed by atoms with Gasteiger partial charge >= 0.3 is 0 Å². The van der Waals surface area contributed by atoms with Gasteiger partial charge in [0.05, 0.1) is 5.38 Å². The molecule has 0 spiro atoms. The van der Waals surface area contributed by atoms with E-state index in [1.54, 1.807) is 0 Å². The molecule has 3 rings (SSSR count). The molecule has 0 aromatic heterocycles. The Morgan fingerprint density at radius 2 is 2.05 bits per heavy atom. The number of hydrogen-bond acceptors (Lipinski definition) is 2. The average Bonchev–Trinajstić information content (AvgIpc) is 2.89. The molecule has 2 atom stereocenters. The lowest BCUT2D eigenvalue weighted by molar-refractivity contribution is 0.228. The molecule has 0 amide bonds. The Morgan fingerprint density at radius 3 is 2.86 bits per heavy atom. The molecule has 1 N–H and O–H groups in total. The predicted molar refractivity (Wildman–Crippen MR) is 87.2 cm³/mol. The second-order valence-electron chi connectivity index (χ2n) is 5.59. The predicted octanol–water partition coefficient (Wildman–Crippen LogP) is 3.87. The third-order valence-corrected chi connectivity index (χ3v) is 4.22. The third-order valence-electron chi connectivity index (χ3n) is 3.81. The van der Waals surface area contributed by atoms with E-state index < -0.39 is 0 Å². The Morgan fingerprint density at radius 1 is 1.24 bits per heavy atom. The number of fused-ring (bicyclic) bond motifs is 1. The normalized spacial score (nSPS) is 18.1. The topological polar surface area (TPSA) is 21.3 Å². The lowest BCUT2D eigenvalue weighted by Crippen LogP contribution is -2.32. The van der Waals surface area contributed by atoms with Crippen LogP contribution < -0.4 is 10.1 Å². The number of ether oxygens (including phenoxy) is 1. The van der Waals surface area contributed by atoms with Gasteiger partial charge in [-0.15, -0.1) is 11.6 Å². The number of halogens is 1. The zero-order valence-electron chi connectivity index (χ0n) is 12.2. The van der Waals surface area contributed by atoms with Gasteiger partial charge in [-0.1, -0.05) is 48.0 Å². The summed E-state index contributed by atoms with van der Waals surface area (Å²) in [6, 6.07) is 16.5. The lowest BCUT2D eigenvalue weighted by atomic mass is 10.1. The number of alkyl halides is 1. The van der Waals surface area contributed by atoms with Crippen LogP contribution in [0.4, 0.5) is 0 Å². The molecule has 110 valence electrons. The molecule has 2 aromatic rings.